The van der Waals surface area contributed by atoms with Crippen molar-refractivity contribution in [3.63, 3.8) is 0 Å². The second kappa shape index (κ2) is 8.27. The van der Waals surface area contributed by atoms with Crippen LogP contribution in [0.5, 0.6) is 0 Å². The Bertz CT molecular complexity index is 1320. The molecule has 5 rings (SSSR count). The molecule has 6 nitrogen and oxygen atoms in total. The molecule has 3 aromatic rings. The zero-order chi connectivity index (χ0) is 24.2. The highest BCUT2D eigenvalue weighted by Gasteiger charge is 2.34. The van der Waals surface area contributed by atoms with Crippen LogP contribution >= 0.6 is 0 Å². The Morgan fingerprint density at radius 1 is 1.03 bits per heavy atom. The maximum Gasteiger partial charge on any atom is 0.339 e. The molecular weight excluding hydrogens is 428 g/mol. The number of anilines is 1. The number of fused-ring (bicyclic) bond motifs is 1. The Morgan fingerprint density at radius 2 is 1.62 bits per heavy atom. The minimum Gasteiger partial charge on any atom is -0.479 e. The van der Waals surface area contributed by atoms with Gasteiger partial charge in [0.1, 0.15) is 0 Å². The fourth-order valence-electron chi connectivity index (χ4n) is 5.62. The van der Waals surface area contributed by atoms with Crippen LogP contribution in [-0.2, 0) is 29.4 Å². The Hall–Kier alpha value is -3.12. The van der Waals surface area contributed by atoms with Crippen LogP contribution in [0.3, 0.4) is 0 Å². The van der Waals surface area contributed by atoms with Crippen LogP contribution in [-0.4, -0.2) is 34.3 Å². The van der Waals surface area contributed by atoms with Crippen molar-refractivity contribution in [1.82, 2.24) is 4.57 Å². The summed E-state index contributed by atoms with van der Waals surface area (Å²) in [5.74, 6) is -1.10. The largest absolute Gasteiger partial charge is 0.479 e. The molecule has 0 bridgehead atoms. The molecule has 1 aromatic heterocycles. The van der Waals surface area contributed by atoms with Gasteiger partial charge in [0.05, 0.1) is 11.3 Å². The summed E-state index contributed by atoms with van der Waals surface area (Å²) in [5, 5.41) is 11.6. The maximum atomic E-state index is 13.3. The number of nitrogens with zero attached hydrogens (tertiary/aromatic N) is 2. The van der Waals surface area contributed by atoms with Crippen molar-refractivity contribution in [3.8, 4) is 11.1 Å². The molecule has 0 saturated carbocycles. The number of hydrogen-bond acceptors (Lipinski definition) is 4. The van der Waals surface area contributed by atoms with E-state index in [9.17, 15) is 14.7 Å². The van der Waals surface area contributed by atoms with E-state index in [1.165, 1.54) is 21.4 Å². The molecule has 2 aliphatic heterocycles. The van der Waals surface area contributed by atoms with Gasteiger partial charge in [0.15, 0.2) is 6.10 Å². The van der Waals surface area contributed by atoms with Gasteiger partial charge in [0.25, 0.3) is 5.56 Å². The summed E-state index contributed by atoms with van der Waals surface area (Å²) < 4.78 is 7.53. The molecule has 178 valence electrons. The lowest BCUT2D eigenvalue weighted by atomic mass is 9.86. The van der Waals surface area contributed by atoms with Gasteiger partial charge < -0.3 is 19.3 Å². The van der Waals surface area contributed by atoms with Crippen LogP contribution in [0.4, 0.5) is 5.69 Å². The summed E-state index contributed by atoms with van der Waals surface area (Å²) >= 11 is 0. The molecule has 0 saturated heterocycles. The number of carboxylic acids is 1. The zero-order valence-electron chi connectivity index (χ0n) is 20.4. The number of ether oxygens (including phenoxy) is 1. The average molecular weight is 461 g/mol. The number of rotatable bonds is 4. The minimum absolute atomic E-state index is 0.219. The van der Waals surface area contributed by atoms with Crippen LogP contribution < -0.4 is 10.5 Å². The second-order valence-corrected chi connectivity index (χ2v) is 10.5. The van der Waals surface area contributed by atoms with E-state index in [1.54, 1.807) is 7.05 Å². The molecule has 2 aliphatic rings. The van der Waals surface area contributed by atoms with Crippen molar-refractivity contribution < 1.29 is 14.6 Å². The van der Waals surface area contributed by atoms with Crippen molar-refractivity contribution in [1.29, 1.82) is 0 Å². The highest BCUT2D eigenvalue weighted by molar-refractivity contribution is 5.99. The number of benzene rings is 2. The van der Waals surface area contributed by atoms with Gasteiger partial charge in [-0.15, -0.1) is 0 Å². The number of aryl methyl sites for hydroxylation is 2. The summed E-state index contributed by atoms with van der Waals surface area (Å²) in [6.07, 6.45) is 2.96. The Balaban J connectivity index is 1.86. The Kier molecular flexibility index (Phi) is 5.52. The number of carboxylic acid groups (broad SMARTS) is 1. The van der Waals surface area contributed by atoms with Crippen molar-refractivity contribution in [2.75, 3.05) is 18.0 Å². The summed E-state index contributed by atoms with van der Waals surface area (Å²) in [6.45, 7) is 7.68. The Morgan fingerprint density at radius 3 is 2.18 bits per heavy atom. The Labute approximate surface area is 199 Å². The average Bonchev–Trinajstić information content (AvgIpc) is 2.79. The predicted octanol–water partition coefficient (Wildman–Crippen LogP) is 4.85. The summed E-state index contributed by atoms with van der Waals surface area (Å²) in [6, 6.07) is 11.9. The van der Waals surface area contributed by atoms with Gasteiger partial charge in [-0.25, -0.2) is 4.79 Å². The topological polar surface area (TPSA) is 71.8 Å². The number of carbonyl (C=O) groups is 1. The normalized spacial score (nSPS) is 16.4. The van der Waals surface area contributed by atoms with E-state index in [0.717, 1.165) is 55.3 Å². The fourth-order valence-corrected chi connectivity index (χ4v) is 5.62. The molecule has 34 heavy (non-hydrogen) atoms. The monoisotopic (exact) mass is 460 g/mol. The van der Waals surface area contributed by atoms with Gasteiger partial charge in [-0.1, -0.05) is 18.2 Å². The van der Waals surface area contributed by atoms with E-state index in [4.69, 9.17) is 4.74 Å². The smallest absolute Gasteiger partial charge is 0.339 e. The van der Waals surface area contributed by atoms with Crippen molar-refractivity contribution in [3.05, 3.63) is 63.6 Å². The molecule has 0 spiro atoms. The first-order valence-corrected chi connectivity index (χ1v) is 12.1. The SMILES string of the molecule is Cn1c(C(OC(C)(C)C)C(=O)O)c(-c2cc3c4c(c2)CCCN4CCC3)c2ccccc2c1=O. The first kappa shape index (κ1) is 22.7. The lowest BCUT2D eigenvalue weighted by Gasteiger charge is -2.37. The summed E-state index contributed by atoms with van der Waals surface area (Å²) in [5.41, 5.74) is 5.18. The molecule has 1 N–H and O–H groups in total. The molecule has 2 aromatic carbocycles. The number of pyridine rings is 1. The third-order valence-electron chi connectivity index (χ3n) is 6.91. The van der Waals surface area contributed by atoms with Crippen LogP contribution in [0, 0.1) is 0 Å². The standard InChI is InChI=1S/C28H32N2O4/c1-28(2,3)34-25(27(32)33)24-22(20-11-5-6-12-21(20)26(31)29(24)4)19-15-17-9-7-13-30-14-8-10-18(16-19)23(17)30/h5-6,11-12,15-16,25H,7-10,13-14H2,1-4H3,(H,32,33). The molecule has 0 amide bonds. The van der Waals surface area contributed by atoms with Crippen LogP contribution in [0.15, 0.2) is 41.2 Å². The van der Waals surface area contributed by atoms with Gasteiger partial charge in [0, 0.05) is 36.8 Å². The highest BCUT2D eigenvalue weighted by Crippen LogP contribution is 2.42. The van der Waals surface area contributed by atoms with Gasteiger partial charge in [0.2, 0.25) is 0 Å². The lowest BCUT2D eigenvalue weighted by molar-refractivity contribution is -0.161. The second-order valence-electron chi connectivity index (χ2n) is 10.5. The fraction of sp³-hybridized carbons (Fsp3) is 0.429. The maximum absolute atomic E-state index is 13.3. The third kappa shape index (κ3) is 3.80. The molecule has 0 aliphatic carbocycles. The molecular formula is C28H32N2O4. The van der Waals surface area contributed by atoms with Gasteiger partial charge in [-0.2, -0.15) is 0 Å². The molecule has 0 fully saturated rings. The summed E-state index contributed by atoms with van der Waals surface area (Å²) in [7, 11) is 1.65. The van der Waals surface area contributed by atoms with E-state index in [1.807, 2.05) is 45.0 Å². The van der Waals surface area contributed by atoms with E-state index in [-0.39, 0.29) is 5.56 Å². The first-order chi connectivity index (χ1) is 16.2. The number of aliphatic carboxylic acids is 1. The molecule has 1 unspecified atom stereocenters. The zero-order valence-corrected chi connectivity index (χ0v) is 20.4. The van der Waals surface area contributed by atoms with Crippen LogP contribution in [0.25, 0.3) is 21.9 Å². The molecule has 0 radical (unpaired) electrons. The van der Waals surface area contributed by atoms with E-state index < -0.39 is 17.7 Å². The quantitative estimate of drug-likeness (QED) is 0.603. The van der Waals surface area contributed by atoms with Gasteiger partial charge in [-0.05, 0) is 86.7 Å². The highest BCUT2D eigenvalue weighted by atomic mass is 16.5. The predicted molar refractivity (Wildman–Crippen MR) is 135 cm³/mol. The van der Waals surface area contributed by atoms with Crippen LogP contribution in [0.2, 0.25) is 0 Å². The molecule has 3 heterocycles. The van der Waals surface area contributed by atoms with Crippen LogP contribution in [0.1, 0.15) is 56.5 Å². The summed E-state index contributed by atoms with van der Waals surface area (Å²) in [4.78, 5) is 28.4. The number of aromatic nitrogens is 1. The third-order valence-corrected chi connectivity index (χ3v) is 6.91. The first-order valence-electron chi connectivity index (χ1n) is 12.1. The van der Waals surface area contributed by atoms with E-state index in [2.05, 4.69) is 17.0 Å². The van der Waals surface area contributed by atoms with Gasteiger partial charge >= 0.3 is 5.97 Å². The number of hydrogen-bond donors (Lipinski definition) is 1. The van der Waals surface area contributed by atoms with Crippen molar-refractivity contribution in [2.24, 2.45) is 7.05 Å². The minimum atomic E-state index is -1.28. The molecule has 6 heteroatoms. The van der Waals surface area contributed by atoms with Crippen molar-refractivity contribution >= 4 is 22.4 Å². The van der Waals surface area contributed by atoms with Crippen molar-refractivity contribution in [2.45, 2.75) is 58.2 Å². The van der Waals surface area contributed by atoms with E-state index in [0.29, 0.717) is 11.1 Å². The van der Waals surface area contributed by atoms with Gasteiger partial charge in [-0.3, -0.25) is 4.79 Å². The van der Waals surface area contributed by atoms with E-state index >= 15 is 0 Å². The lowest BCUT2D eigenvalue weighted by Crippen LogP contribution is -2.34. The molecule has 1 atom stereocenters.